The third-order valence-electron chi connectivity index (χ3n) is 3.67. The fraction of sp³-hybridized carbons (Fsp3) is 0.375. The predicted octanol–water partition coefficient (Wildman–Crippen LogP) is 1.48. The van der Waals surface area contributed by atoms with Gasteiger partial charge in [0.05, 0.1) is 13.7 Å². The number of methoxy groups -OCH3 is 1. The molecule has 0 radical (unpaired) electrons. The highest BCUT2D eigenvalue weighted by Gasteiger charge is 2.30. The molecule has 1 amide bonds. The second kappa shape index (κ2) is 6.60. The molecule has 0 bridgehead atoms. The van der Waals surface area contributed by atoms with E-state index in [1.54, 1.807) is 35.5 Å². The Morgan fingerprint density at radius 3 is 2.96 bits per heavy atom. The summed E-state index contributed by atoms with van der Waals surface area (Å²) >= 11 is 0. The van der Waals surface area contributed by atoms with Gasteiger partial charge in [-0.1, -0.05) is 0 Å². The van der Waals surface area contributed by atoms with Crippen molar-refractivity contribution in [3.8, 4) is 11.8 Å². The number of carbonyl (C=O) groups excluding carboxylic acids is 1. The maximum Gasteiger partial charge on any atom is 0.259 e. The molecule has 1 aliphatic rings. The van der Waals surface area contributed by atoms with Crippen molar-refractivity contribution in [2.75, 3.05) is 20.2 Å². The Morgan fingerprint density at radius 1 is 1.30 bits per heavy atom. The molecule has 0 unspecified atom stereocenters. The number of rotatable bonds is 4. The lowest BCUT2D eigenvalue weighted by atomic mass is 10.2. The molecule has 2 aromatic heterocycles. The van der Waals surface area contributed by atoms with E-state index in [1.165, 1.54) is 7.11 Å². The summed E-state index contributed by atoms with van der Waals surface area (Å²) in [7, 11) is 1.51. The zero-order chi connectivity index (χ0) is 16.2. The molecule has 0 aliphatic carbocycles. The first kappa shape index (κ1) is 15.2. The minimum Gasteiger partial charge on any atom is -0.480 e. The molecule has 3 rings (SSSR count). The highest BCUT2D eigenvalue weighted by atomic mass is 16.5. The number of aryl methyl sites for hydroxylation is 1. The maximum absolute atomic E-state index is 12.6. The number of amides is 1. The molecule has 0 N–H and O–H groups in total. The van der Waals surface area contributed by atoms with Gasteiger partial charge < -0.3 is 14.4 Å². The Hall–Kier alpha value is -2.70. The number of nitrogens with zero attached hydrogens (tertiary/aromatic N) is 4. The summed E-state index contributed by atoms with van der Waals surface area (Å²) in [5, 5.41) is 0. The molecular weight excluding hydrogens is 296 g/mol. The Balaban J connectivity index is 1.66. The number of hydrogen-bond donors (Lipinski definition) is 0. The monoisotopic (exact) mass is 314 g/mol. The van der Waals surface area contributed by atoms with Crippen LogP contribution in [0, 0.1) is 6.92 Å². The van der Waals surface area contributed by atoms with E-state index in [1.807, 2.05) is 6.92 Å². The first-order chi connectivity index (χ1) is 11.2. The van der Waals surface area contributed by atoms with Crippen molar-refractivity contribution in [3.63, 3.8) is 0 Å². The summed E-state index contributed by atoms with van der Waals surface area (Å²) in [5.41, 5.74) is 0.466. The molecule has 7 nitrogen and oxygen atoms in total. The van der Waals surface area contributed by atoms with Crippen LogP contribution in [0.1, 0.15) is 22.6 Å². The van der Waals surface area contributed by atoms with Crippen molar-refractivity contribution in [2.24, 2.45) is 0 Å². The molecule has 1 atom stereocenters. The van der Waals surface area contributed by atoms with Crippen LogP contribution in [0.2, 0.25) is 0 Å². The van der Waals surface area contributed by atoms with Crippen LogP contribution >= 0.6 is 0 Å². The molecule has 2 aromatic rings. The first-order valence-electron chi connectivity index (χ1n) is 7.42. The summed E-state index contributed by atoms with van der Waals surface area (Å²) in [4.78, 5) is 26.7. The smallest absolute Gasteiger partial charge is 0.259 e. The van der Waals surface area contributed by atoms with Crippen LogP contribution in [0.4, 0.5) is 0 Å². The van der Waals surface area contributed by atoms with Gasteiger partial charge in [0, 0.05) is 31.4 Å². The number of ether oxygens (including phenoxy) is 2. The highest BCUT2D eigenvalue weighted by Crippen LogP contribution is 2.21. The van der Waals surface area contributed by atoms with Gasteiger partial charge in [0.1, 0.15) is 17.5 Å². The molecule has 23 heavy (non-hydrogen) atoms. The topological polar surface area (TPSA) is 77.4 Å². The lowest BCUT2D eigenvalue weighted by Crippen LogP contribution is -2.31. The SMILES string of the molecule is COc1ncccc1C(=O)N1CC[C@@H](Oc2ccnc(C)n2)C1. The quantitative estimate of drug-likeness (QED) is 0.851. The molecule has 0 aromatic carbocycles. The van der Waals surface area contributed by atoms with Crippen molar-refractivity contribution in [1.29, 1.82) is 0 Å². The molecular formula is C16H18N4O3. The van der Waals surface area contributed by atoms with Crippen LogP contribution < -0.4 is 9.47 Å². The minimum absolute atomic E-state index is 0.0732. The molecule has 3 heterocycles. The zero-order valence-electron chi connectivity index (χ0n) is 13.1. The van der Waals surface area contributed by atoms with Gasteiger partial charge in [0.2, 0.25) is 11.8 Å². The van der Waals surface area contributed by atoms with Crippen molar-refractivity contribution in [3.05, 3.63) is 42.0 Å². The Bertz CT molecular complexity index is 707. The third-order valence-corrected chi connectivity index (χ3v) is 3.67. The van der Waals surface area contributed by atoms with Gasteiger partial charge in [0.15, 0.2) is 0 Å². The first-order valence-corrected chi connectivity index (χ1v) is 7.42. The van der Waals surface area contributed by atoms with Crippen LogP contribution in [-0.4, -0.2) is 52.1 Å². The number of pyridine rings is 1. The summed E-state index contributed by atoms with van der Waals surface area (Å²) < 4.78 is 11.0. The number of carbonyl (C=O) groups is 1. The fourth-order valence-corrected chi connectivity index (χ4v) is 2.57. The van der Waals surface area contributed by atoms with E-state index >= 15 is 0 Å². The van der Waals surface area contributed by atoms with Gasteiger partial charge in [-0.05, 0) is 19.1 Å². The summed E-state index contributed by atoms with van der Waals surface area (Å²) in [6.45, 7) is 2.96. The minimum atomic E-state index is -0.0973. The summed E-state index contributed by atoms with van der Waals surface area (Å²) in [6.07, 6.45) is 3.95. The van der Waals surface area contributed by atoms with Gasteiger partial charge in [0.25, 0.3) is 5.91 Å². The van der Waals surface area contributed by atoms with Crippen LogP contribution in [-0.2, 0) is 0 Å². The van der Waals surface area contributed by atoms with Crippen molar-refractivity contribution < 1.29 is 14.3 Å². The van der Waals surface area contributed by atoms with Gasteiger partial charge >= 0.3 is 0 Å². The third kappa shape index (κ3) is 3.39. The van der Waals surface area contributed by atoms with E-state index in [9.17, 15) is 4.79 Å². The van der Waals surface area contributed by atoms with Crippen LogP contribution in [0.15, 0.2) is 30.6 Å². The number of hydrogen-bond acceptors (Lipinski definition) is 6. The zero-order valence-corrected chi connectivity index (χ0v) is 13.1. The number of likely N-dealkylation sites (tertiary alicyclic amines) is 1. The lowest BCUT2D eigenvalue weighted by Gasteiger charge is -2.18. The van der Waals surface area contributed by atoms with Crippen LogP contribution in [0.3, 0.4) is 0 Å². The Morgan fingerprint density at radius 2 is 2.17 bits per heavy atom. The van der Waals surface area contributed by atoms with E-state index in [2.05, 4.69) is 15.0 Å². The van der Waals surface area contributed by atoms with Crippen molar-refractivity contribution >= 4 is 5.91 Å². The van der Waals surface area contributed by atoms with Gasteiger partial charge in [-0.15, -0.1) is 0 Å². The molecule has 0 saturated carbocycles. The lowest BCUT2D eigenvalue weighted by molar-refractivity contribution is 0.0767. The van der Waals surface area contributed by atoms with Gasteiger partial charge in [-0.25, -0.2) is 9.97 Å². The average Bonchev–Trinajstić information content (AvgIpc) is 3.02. The highest BCUT2D eigenvalue weighted by molar-refractivity contribution is 5.96. The fourth-order valence-electron chi connectivity index (χ4n) is 2.57. The van der Waals surface area contributed by atoms with Crippen LogP contribution in [0.5, 0.6) is 11.8 Å². The molecule has 7 heteroatoms. The number of aromatic nitrogens is 3. The second-order valence-electron chi connectivity index (χ2n) is 5.28. The normalized spacial score (nSPS) is 17.1. The van der Waals surface area contributed by atoms with Crippen molar-refractivity contribution in [1.82, 2.24) is 19.9 Å². The van der Waals surface area contributed by atoms with E-state index in [0.29, 0.717) is 36.2 Å². The largest absolute Gasteiger partial charge is 0.480 e. The molecule has 1 aliphatic heterocycles. The van der Waals surface area contributed by atoms with Gasteiger partial charge in [-0.3, -0.25) is 4.79 Å². The second-order valence-corrected chi connectivity index (χ2v) is 5.28. The summed E-state index contributed by atoms with van der Waals surface area (Å²) in [6, 6.07) is 5.17. The van der Waals surface area contributed by atoms with Crippen molar-refractivity contribution in [2.45, 2.75) is 19.4 Å². The molecule has 1 saturated heterocycles. The predicted molar refractivity (Wildman–Crippen MR) is 82.5 cm³/mol. The van der Waals surface area contributed by atoms with Crippen LogP contribution in [0.25, 0.3) is 0 Å². The molecule has 120 valence electrons. The Labute approximate surface area is 134 Å². The maximum atomic E-state index is 12.6. The van der Waals surface area contributed by atoms with E-state index in [4.69, 9.17) is 9.47 Å². The standard InChI is InChI=1S/C16H18N4O3/c1-11-17-8-5-14(19-11)23-12-6-9-20(10-12)16(21)13-4-3-7-18-15(13)22-2/h3-5,7-8,12H,6,9-10H2,1-2H3/t12-/m1/s1. The molecule has 0 spiro atoms. The summed E-state index contributed by atoms with van der Waals surface area (Å²) in [5.74, 6) is 1.44. The van der Waals surface area contributed by atoms with E-state index < -0.39 is 0 Å². The average molecular weight is 314 g/mol. The van der Waals surface area contributed by atoms with Gasteiger partial charge in [-0.2, -0.15) is 4.98 Å². The Kier molecular flexibility index (Phi) is 4.36. The molecule has 1 fully saturated rings. The van der Waals surface area contributed by atoms with E-state index in [0.717, 1.165) is 6.42 Å². The van der Waals surface area contributed by atoms with E-state index in [-0.39, 0.29) is 12.0 Å².